The van der Waals surface area contributed by atoms with Crippen LogP contribution in [0, 0.1) is 0 Å². The fraction of sp³-hybridized carbons (Fsp3) is 0.667. The highest BCUT2D eigenvalue weighted by molar-refractivity contribution is 4.99. The Labute approximate surface area is 83.2 Å². The number of ether oxygens (including phenoxy) is 2. The van der Waals surface area contributed by atoms with E-state index in [2.05, 4.69) is 4.98 Å². The zero-order valence-electron chi connectivity index (χ0n) is 8.53. The van der Waals surface area contributed by atoms with Crippen LogP contribution in [0.15, 0.2) is 10.7 Å². The smallest absolute Gasteiger partial charge is 0.394 e. The van der Waals surface area contributed by atoms with Gasteiger partial charge in [-0.3, -0.25) is 0 Å². The summed E-state index contributed by atoms with van der Waals surface area (Å²) in [7, 11) is 0. The minimum absolute atomic E-state index is 0.0702. The Kier molecular flexibility index (Phi) is 4.42. The van der Waals surface area contributed by atoms with Crippen LogP contribution in [0.4, 0.5) is 0 Å². The number of hydrogen-bond acceptors (Lipinski definition) is 5. The Morgan fingerprint density at radius 2 is 2.43 bits per heavy atom. The zero-order valence-corrected chi connectivity index (χ0v) is 8.53. The molecular weight excluding hydrogens is 184 g/mol. The first-order valence-electron chi connectivity index (χ1n) is 4.65. The van der Waals surface area contributed by atoms with E-state index in [9.17, 15) is 0 Å². The molecule has 1 unspecified atom stereocenters. The van der Waals surface area contributed by atoms with Gasteiger partial charge in [-0.2, -0.15) is 4.98 Å². The van der Waals surface area contributed by atoms with E-state index in [1.807, 2.05) is 13.8 Å². The molecule has 0 spiro atoms. The van der Waals surface area contributed by atoms with Crippen LogP contribution in [0.5, 0.6) is 6.08 Å². The summed E-state index contributed by atoms with van der Waals surface area (Å²) >= 11 is 0. The summed E-state index contributed by atoms with van der Waals surface area (Å²) in [5.74, 6) is 0. The SMILES string of the molecule is CCOCC(C)Oc1nc(CN)co1. The van der Waals surface area contributed by atoms with Crippen LogP contribution < -0.4 is 10.5 Å². The van der Waals surface area contributed by atoms with E-state index in [-0.39, 0.29) is 12.2 Å². The molecule has 1 heterocycles. The largest absolute Gasteiger partial charge is 0.445 e. The van der Waals surface area contributed by atoms with Gasteiger partial charge in [0.2, 0.25) is 0 Å². The second-order valence-electron chi connectivity index (χ2n) is 2.90. The summed E-state index contributed by atoms with van der Waals surface area (Å²) in [6, 6.07) is 0. The van der Waals surface area contributed by atoms with Crippen molar-refractivity contribution in [1.29, 1.82) is 0 Å². The van der Waals surface area contributed by atoms with Crippen molar-refractivity contribution in [2.24, 2.45) is 5.73 Å². The van der Waals surface area contributed by atoms with E-state index >= 15 is 0 Å². The first kappa shape index (κ1) is 11.0. The molecular formula is C9H16N2O3. The molecule has 0 bridgehead atoms. The minimum atomic E-state index is -0.0702. The third-order valence-electron chi connectivity index (χ3n) is 1.60. The molecule has 1 atom stereocenters. The monoisotopic (exact) mass is 200 g/mol. The number of aromatic nitrogens is 1. The van der Waals surface area contributed by atoms with E-state index in [1.165, 1.54) is 6.26 Å². The minimum Gasteiger partial charge on any atom is -0.445 e. The molecule has 0 aliphatic carbocycles. The van der Waals surface area contributed by atoms with Gasteiger partial charge in [-0.05, 0) is 13.8 Å². The maximum Gasteiger partial charge on any atom is 0.394 e. The number of oxazole rings is 1. The fourth-order valence-corrected chi connectivity index (χ4v) is 0.926. The van der Waals surface area contributed by atoms with Crippen LogP contribution in [0.25, 0.3) is 0 Å². The second-order valence-corrected chi connectivity index (χ2v) is 2.90. The lowest BCUT2D eigenvalue weighted by Crippen LogP contribution is -2.19. The van der Waals surface area contributed by atoms with Crippen molar-refractivity contribution in [3.05, 3.63) is 12.0 Å². The average molecular weight is 200 g/mol. The summed E-state index contributed by atoms with van der Waals surface area (Å²) in [5.41, 5.74) is 6.06. The molecule has 1 aromatic rings. The summed E-state index contributed by atoms with van der Waals surface area (Å²) in [6.45, 7) is 5.38. The van der Waals surface area contributed by atoms with Gasteiger partial charge in [-0.15, -0.1) is 0 Å². The number of nitrogens with two attached hydrogens (primary N) is 1. The van der Waals surface area contributed by atoms with E-state index in [0.717, 1.165) is 0 Å². The Morgan fingerprint density at radius 3 is 3.00 bits per heavy atom. The maximum atomic E-state index is 5.37. The number of rotatable bonds is 6. The molecule has 0 radical (unpaired) electrons. The first-order chi connectivity index (χ1) is 6.76. The highest BCUT2D eigenvalue weighted by Crippen LogP contribution is 2.11. The highest BCUT2D eigenvalue weighted by atomic mass is 16.6. The van der Waals surface area contributed by atoms with Crippen LogP contribution in [-0.2, 0) is 11.3 Å². The lowest BCUT2D eigenvalue weighted by Gasteiger charge is -2.10. The van der Waals surface area contributed by atoms with Crippen LogP contribution in [0.2, 0.25) is 0 Å². The van der Waals surface area contributed by atoms with Gasteiger partial charge >= 0.3 is 6.08 Å². The van der Waals surface area contributed by atoms with Crippen molar-refractivity contribution < 1.29 is 13.9 Å². The fourth-order valence-electron chi connectivity index (χ4n) is 0.926. The average Bonchev–Trinajstić information content (AvgIpc) is 2.62. The van der Waals surface area contributed by atoms with Gasteiger partial charge in [0.05, 0.1) is 12.3 Å². The zero-order chi connectivity index (χ0) is 10.4. The molecule has 0 aliphatic rings. The topological polar surface area (TPSA) is 70.5 Å². The summed E-state index contributed by atoms with van der Waals surface area (Å²) in [4.78, 5) is 4.01. The van der Waals surface area contributed by atoms with E-state index < -0.39 is 0 Å². The lowest BCUT2D eigenvalue weighted by molar-refractivity contribution is 0.0494. The molecule has 0 aliphatic heterocycles. The molecule has 0 amide bonds. The Morgan fingerprint density at radius 1 is 1.64 bits per heavy atom. The first-order valence-corrected chi connectivity index (χ1v) is 4.65. The predicted molar refractivity (Wildman–Crippen MR) is 51.0 cm³/mol. The number of nitrogens with zero attached hydrogens (tertiary/aromatic N) is 1. The normalized spacial score (nSPS) is 12.8. The Bertz CT molecular complexity index is 262. The van der Waals surface area contributed by atoms with Crippen LogP contribution >= 0.6 is 0 Å². The maximum absolute atomic E-state index is 5.37. The molecule has 5 nitrogen and oxygen atoms in total. The molecule has 2 N–H and O–H groups in total. The van der Waals surface area contributed by atoms with Gasteiger partial charge < -0.3 is 19.6 Å². The van der Waals surface area contributed by atoms with Crippen LogP contribution in [0.3, 0.4) is 0 Å². The van der Waals surface area contributed by atoms with Crippen molar-refractivity contribution in [3.63, 3.8) is 0 Å². The molecule has 80 valence electrons. The third kappa shape index (κ3) is 3.35. The molecule has 1 aromatic heterocycles. The van der Waals surface area contributed by atoms with Gasteiger partial charge in [-0.25, -0.2) is 0 Å². The van der Waals surface area contributed by atoms with E-state index in [0.29, 0.717) is 25.5 Å². The second kappa shape index (κ2) is 5.62. The van der Waals surface area contributed by atoms with Crippen LogP contribution in [-0.4, -0.2) is 24.3 Å². The molecule has 14 heavy (non-hydrogen) atoms. The van der Waals surface area contributed by atoms with Crippen molar-refractivity contribution in [3.8, 4) is 6.08 Å². The number of hydrogen-bond donors (Lipinski definition) is 1. The van der Waals surface area contributed by atoms with Gasteiger partial charge in [0.25, 0.3) is 0 Å². The van der Waals surface area contributed by atoms with Gasteiger partial charge in [0.1, 0.15) is 12.4 Å². The van der Waals surface area contributed by atoms with Crippen molar-refractivity contribution >= 4 is 0 Å². The van der Waals surface area contributed by atoms with Crippen molar-refractivity contribution in [2.45, 2.75) is 26.5 Å². The highest BCUT2D eigenvalue weighted by Gasteiger charge is 2.08. The third-order valence-corrected chi connectivity index (χ3v) is 1.60. The Hall–Kier alpha value is -1.07. The predicted octanol–water partition coefficient (Wildman–Crippen LogP) is 0.937. The summed E-state index contributed by atoms with van der Waals surface area (Å²) in [5, 5.41) is 0. The van der Waals surface area contributed by atoms with Gasteiger partial charge in [0, 0.05) is 13.2 Å². The molecule has 0 aromatic carbocycles. The lowest BCUT2D eigenvalue weighted by atomic mass is 10.4. The quantitative estimate of drug-likeness (QED) is 0.739. The molecule has 0 saturated heterocycles. The van der Waals surface area contributed by atoms with Crippen LogP contribution in [0.1, 0.15) is 19.5 Å². The Balaban J connectivity index is 2.35. The standard InChI is InChI=1S/C9H16N2O3/c1-3-12-5-7(2)14-9-11-8(4-10)6-13-9/h6-7H,3-5,10H2,1-2H3. The van der Waals surface area contributed by atoms with Crippen molar-refractivity contribution in [2.75, 3.05) is 13.2 Å². The molecule has 5 heteroatoms. The summed E-state index contributed by atoms with van der Waals surface area (Å²) in [6.07, 6.45) is 1.67. The van der Waals surface area contributed by atoms with E-state index in [1.54, 1.807) is 0 Å². The summed E-state index contributed by atoms with van der Waals surface area (Å²) < 4.78 is 15.6. The van der Waals surface area contributed by atoms with Gasteiger partial charge in [-0.1, -0.05) is 0 Å². The van der Waals surface area contributed by atoms with Crippen molar-refractivity contribution in [1.82, 2.24) is 4.98 Å². The molecule has 1 rings (SSSR count). The van der Waals surface area contributed by atoms with Gasteiger partial charge in [0.15, 0.2) is 0 Å². The van der Waals surface area contributed by atoms with E-state index in [4.69, 9.17) is 19.6 Å². The molecule has 0 fully saturated rings. The molecule has 0 saturated carbocycles.